The Kier molecular flexibility index (Phi) is 3.91. The number of aliphatic carboxylic acids is 1. The number of nitrogens with one attached hydrogen (secondary N) is 1. The lowest BCUT2D eigenvalue weighted by atomic mass is 9.95. The summed E-state index contributed by atoms with van der Waals surface area (Å²) in [5.41, 5.74) is 4.72. The van der Waals surface area contributed by atoms with Crippen molar-refractivity contribution >= 4 is 11.9 Å². The van der Waals surface area contributed by atoms with Gasteiger partial charge in [-0.05, 0) is 32.6 Å². The molecule has 2 unspecified atom stereocenters. The van der Waals surface area contributed by atoms with Crippen molar-refractivity contribution in [1.82, 2.24) is 5.32 Å². The summed E-state index contributed by atoms with van der Waals surface area (Å²) in [5.74, 6) is -1.27. The molecule has 0 aromatic rings. The number of carboxylic acids is 1. The molecule has 1 rings (SSSR count). The second kappa shape index (κ2) is 4.82. The van der Waals surface area contributed by atoms with Gasteiger partial charge in [0.1, 0.15) is 0 Å². The molecule has 92 valence electrons. The third-order valence-corrected chi connectivity index (χ3v) is 3.09. The first kappa shape index (κ1) is 13.0. The summed E-state index contributed by atoms with van der Waals surface area (Å²) in [7, 11) is 0. The zero-order valence-corrected chi connectivity index (χ0v) is 9.82. The number of carboxylic acid groups (broad SMARTS) is 1. The maximum Gasteiger partial charge on any atom is 0.306 e. The fourth-order valence-electron chi connectivity index (χ4n) is 2.06. The fraction of sp³-hybridized carbons (Fsp3) is 0.818. The molecule has 0 aromatic heterocycles. The summed E-state index contributed by atoms with van der Waals surface area (Å²) in [4.78, 5) is 22.4. The van der Waals surface area contributed by atoms with Crippen molar-refractivity contribution in [3.63, 3.8) is 0 Å². The lowest BCUT2D eigenvalue weighted by molar-refractivity contribution is -0.143. The normalized spacial score (nSPS) is 25.4. The second-order valence-corrected chi connectivity index (χ2v) is 5.07. The highest BCUT2D eigenvalue weighted by Gasteiger charge is 2.33. The Labute approximate surface area is 95.4 Å². The number of hydrogen-bond acceptors (Lipinski definition) is 3. The predicted molar refractivity (Wildman–Crippen MR) is 59.7 cm³/mol. The van der Waals surface area contributed by atoms with Crippen LogP contribution in [0.2, 0.25) is 0 Å². The summed E-state index contributed by atoms with van der Waals surface area (Å²) >= 11 is 0. The molecule has 0 spiro atoms. The van der Waals surface area contributed by atoms with E-state index in [1.807, 2.05) is 0 Å². The first-order valence-corrected chi connectivity index (χ1v) is 5.62. The van der Waals surface area contributed by atoms with Crippen molar-refractivity contribution in [2.75, 3.05) is 6.54 Å². The molecule has 0 aromatic carbocycles. The van der Waals surface area contributed by atoms with Crippen LogP contribution in [0.5, 0.6) is 0 Å². The third-order valence-electron chi connectivity index (χ3n) is 3.09. The predicted octanol–water partition coefficient (Wildman–Crippen LogP) is 0.341. The van der Waals surface area contributed by atoms with Gasteiger partial charge in [0.15, 0.2) is 0 Å². The van der Waals surface area contributed by atoms with Crippen molar-refractivity contribution < 1.29 is 14.7 Å². The van der Waals surface area contributed by atoms with Crippen LogP contribution in [0.15, 0.2) is 0 Å². The van der Waals surface area contributed by atoms with E-state index in [-0.39, 0.29) is 17.7 Å². The number of hydrogen-bond donors (Lipinski definition) is 3. The zero-order chi connectivity index (χ0) is 12.3. The van der Waals surface area contributed by atoms with Crippen LogP contribution in [0.1, 0.15) is 33.1 Å². The number of nitrogens with two attached hydrogens (primary N) is 1. The summed E-state index contributed by atoms with van der Waals surface area (Å²) in [6.45, 7) is 3.67. The van der Waals surface area contributed by atoms with Gasteiger partial charge in [0.25, 0.3) is 0 Å². The molecule has 0 bridgehead atoms. The van der Waals surface area contributed by atoms with Crippen LogP contribution in [0.4, 0.5) is 0 Å². The van der Waals surface area contributed by atoms with E-state index in [4.69, 9.17) is 10.8 Å². The summed E-state index contributed by atoms with van der Waals surface area (Å²) in [6.07, 6.45) is 2.49. The standard InChI is InChI=1S/C11H20N2O3/c1-11(2,12)10(16)13-6-7-4-3-5-8(7)9(14)15/h7-8H,3-6,12H2,1-2H3,(H,13,16)(H,14,15). The minimum atomic E-state index is -0.905. The molecule has 0 saturated heterocycles. The molecule has 5 heteroatoms. The van der Waals surface area contributed by atoms with E-state index < -0.39 is 11.5 Å². The Bertz CT molecular complexity index is 283. The largest absolute Gasteiger partial charge is 0.481 e. The average molecular weight is 228 g/mol. The molecule has 1 amide bonds. The molecule has 5 nitrogen and oxygen atoms in total. The van der Waals surface area contributed by atoms with Gasteiger partial charge in [-0.1, -0.05) is 6.42 Å². The highest BCUT2D eigenvalue weighted by Crippen LogP contribution is 2.31. The van der Waals surface area contributed by atoms with Crippen LogP contribution in [0.3, 0.4) is 0 Å². The van der Waals surface area contributed by atoms with Gasteiger partial charge in [0, 0.05) is 6.54 Å². The van der Waals surface area contributed by atoms with Gasteiger partial charge >= 0.3 is 5.97 Å². The van der Waals surface area contributed by atoms with Crippen molar-refractivity contribution in [1.29, 1.82) is 0 Å². The average Bonchev–Trinajstić information content (AvgIpc) is 2.60. The summed E-state index contributed by atoms with van der Waals surface area (Å²) < 4.78 is 0. The number of carbonyl (C=O) groups excluding carboxylic acids is 1. The second-order valence-electron chi connectivity index (χ2n) is 5.07. The number of carbonyl (C=O) groups is 2. The number of rotatable bonds is 4. The molecule has 1 aliphatic rings. The van der Waals surface area contributed by atoms with Gasteiger partial charge in [0.2, 0.25) is 5.91 Å². The minimum Gasteiger partial charge on any atom is -0.481 e. The smallest absolute Gasteiger partial charge is 0.306 e. The molecule has 4 N–H and O–H groups in total. The van der Waals surface area contributed by atoms with E-state index in [0.717, 1.165) is 12.8 Å². The highest BCUT2D eigenvalue weighted by atomic mass is 16.4. The van der Waals surface area contributed by atoms with Crippen LogP contribution in [0, 0.1) is 11.8 Å². The molecule has 1 aliphatic carbocycles. The fourth-order valence-corrected chi connectivity index (χ4v) is 2.06. The van der Waals surface area contributed by atoms with Crippen molar-refractivity contribution in [2.24, 2.45) is 17.6 Å². The number of amides is 1. The Balaban J connectivity index is 2.43. The van der Waals surface area contributed by atoms with E-state index in [2.05, 4.69) is 5.32 Å². The molecule has 1 fully saturated rings. The van der Waals surface area contributed by atoms with Crippen LogP contribution in [-0.2, 0) is 9.59 Å². The van der Waals surface area contributed by atoms with Gasteiger partial charge in [-0.2, -0.15) is 0 Å². The molecule has 16 heavy (non-hydrogen) atoms. The SMILES string of the molecule is CC(C)(N)C(=O)NCC1CCCC1C(=O)O. The topological polar surface area (TPSA) is 92.4 Å². The van der Waals surface area contributed by atoms with Gasteiger partial charge < -0.3 is 16.2 Å². The maximum absolute atomic E-state index is 11.5. The Hall–Kier alpha value is -1.10. The molecule has 0 heterocycles. The van der Waals surface area contributed by atoms with Gasteiger partial charge in [-0.25, -0.2) is 0 Å². The van der Waals surface area contributed by atoms with E-state index in [9.17, 15) is 9.59 Å². The first-order valence-electron chi connectivity index (χ1n) is 5.62. The van der Waals surface area contributed by atoms with Crippen molar-refractivity contribution in [3.8, 4) is 0 Å². The van der Waals surface area contributed by atoms with E-state index >= 15 is 0 Å². The lowest BCUT2D eigenvalue weighted by Gasteiger charge is -2.21. The molecular formula is C11H20N2O3. The maximum atomic E-state index is 11.5. The first-order chi connectivity index (χ1) is 7.32. The van der Waals surface area contributed by atoms with Crippen molar-refractivity contribution in [2.45, 2.75) is 38.6 Å². The van der Waals surface area contributed by atoms with Gasteiger partial charge in [-0.3, -0.25) is 9.59 Å². The quantitative estimate of drug-likeness (QED) is 0.647. The molecule has 0 radical (unpaired) electrons. The lowest BCUT2D eigenvalue weighted by Crippen LogP contribution is -2.50. The Morgan fingerprint density at radius 1 is 1.44 bits per heavy atom. The highest BCUT2D eigenvalue weighted by molar-refractivity contribution is 5.85. The monoisotopic (exact) mass is 228 g/mol. The van der Waals surface area contributed by atoms with Gasteiger partial charge in [0.05, 0.1) is 11.5 Å². The Morgan fingerprint density at radius 2 is 2.06 bits per heavy atom. The van der Waals surface area contributed by atoms with E-state index in [1.54, 1.807) is 13.8 Å². The molecule has 0 aliphatic heterocycles. The molecule has 2 atom stereocenters. The van der Waals surface area contributed by atoms with Crippen LogP contribution < -0.4 is 11.1 Å². The molecule has 1 saturated carbocycles. The van der Waals surface area contributed by atoms with Crippen LogP contribution >= 0.6 is 0 Å². The van der Waals surface area contributed by atoms with E-state index in [1.165, 1.54) is 0 Å². The third kappa shape index (κ3) is 3.20. The summed E-state index contributed by atoms with van der Waals surface area (Å²) in [6, 6.07) is 0. The zero-order valence-electron chi connectivity index (χ0n) is 9.82. The Morgan fingerprint density at radius 3 is 2.56 bits per heavy atom. The van der Waals surface area contributed by atoms with Crippen LogP contribution in [0.25, 0.3) is 0 Å². The minimum absolute atomic E-state index is 0.0452. The molecular weight excluding hydrogens is 208 g/mol. The van der Waals surface area contributed by atoms with Crippen molar-refractivity contribution in [3.05, 3.63) is 0 Å². The van der Waals surface area contributed by atoms with Gasteiger partial charge in [-0.15, -0.1) is 0 Å². The summed E-state index contributed by atoms with van der Waals surface area (Å²) in [5, 5.41) is 11.7. The van der Waals surface area contributed by atoms with Crippen LogP contribution in [-0.4, -0.2) is 29.1 Å². The van der Waals surface area contributed by atoms with E-state index in [0.29, 0.717) is 13.0 Å².